The van der Waals surface area contributed by atoms with E-state index in [9.17, 15) is 24.8 Å². The van der Waals surface area contributed by atoms with Gasteiger partial charge in [-0.15, -0.1) is 0 Å². The minimum Gasteiger partial charge on any atom is -0.507 e. The summed E-state index contributed by atoms with van der Waals surface area (Å²) in [6, 6.07) is 10.3. The van der Waals surface area contributed by atoms with Gasteiger partial charge in [-0.1, -0.05) is 37.5 Å². The Balaban J connectivity index is 2.13. The lowest BCUT2D eigenvalue weighted by Crippen LogP contribution is -2.25. The van der Waals surface area contributed by atoms with Crippen LogP contribution in [0.5, 0.6) is 5.75 Å². The second-order valence-corrected chi connectivity index (χ2v) is 7.28. The molecule has 1 atom stereocenters. The summed E-state index contributed by atoms with van der Waals surface area (Å²) in [6.45, 7) is 0. The smallest absolute Gasteiger partial charge is 0.338 e. The van der Waals surface area contributed by atoms with Crippen LogP contribution < -0.4 is 0 Å². The molecule has 0 aliphatic heterocycles. The van der Waals surface area contributed by atoms with E-state index in [4.69, 9.17) is 0 Å². The fourth-order valence-electron chi connectivity index (χ4n) is 4.14. The van der Waals surface area contributed by atoms with E-state index in [1.165, 1.54) is 31.4 Å². The molecule has 1 aliphatic rings. The standard InChI is InChI=1S/C22H23NO6/c1-29-22(26)15-11-12-16(18(13-15)23(27)28)20(14-7-3-2-4-8-14)21(25)17-9-5-6-10-19(17)24/h5-6,9-14,20,24H,2-4,7-8H2,1H3. The first-order chi connectivity index (χ1) is 13.9. The first-order valence-electron chi connectivity index (χ1n) is 9.63. The number of Topliss-reactive ketones (excluding diaryl/α,β-unsaturated/α-hetero) is 1. The number of ketones is 1. The highest BCUT2D eigenvalue weighted by molar-refractivity contribution is 6.04. The van der Waals surface area contributed by atoms with Gasteiger partial charge in [0.2, 0.25) is 0 Å². The van der Waals surface area contributed by atoms with Crippen LogP contribution in [0.25, 0.3) is 0 Å². The number of hydrogen-bond donors (Lipinski definition) is 1. The third-order valence-corrected chi connectivity index (χ3v) is 5.56. The van der Waals surface area contributed by atoms with Gasteiger partial charge in [0, 0.05) is 11.6 Å². The zero-order valence-corrected chi connectivity index (χ0v) is 16.2. The molecular formula is C22H23NO6. The second-order valence-electron chi connectivity index (χ2n) is 7.28. The Kier molecular flexibility index (Phi) is 6.26. The molecule has 152 valence electrons. The Labute approximate surface area is 168 Å². The summed E-state index contributed by atoms with van der Waals surface area (Å²) >= 11 is 0. The van der Waals surface area contributed by atoms with Crippen LogP contribution >= 0.6 is 0 Å². The maximum atomic E-state index is 13.4. The van der Waals surface area contributed by atoms with E-state index in [1.54, 1.807) is 12.1 Å². The SMILES string of the molecule is COC(=O)c1ccc(C(C(=O)c2ccccc2O)C2CCCCC2)c([N+](=O)[O-])c1. The molecular weight excluding hydrogens is 374 g/mol. The van der Waals surface area contributed by atoms with E-state index in [1.807, 2.05) is 0 Å². The zero-order valence-electron chi connectivity index (χ0n) is 16.2. The first-order valence-corrected chi connectivity index (χ1v) is 9.63. The van der Waals surface area contributed by atoms with Gasteiger partial charge in [0.15, 0.2) is 5.78 Å². The van der Waals surface area contributed by atoms with Gasteiger partial charge in [0.1, 0.15) is 5.75 Å². The monoisotopic (exact) mass is 397 g/mol. The number of phenolic OH excluding ortho intramolecular Hbond substituents is 1. The molecule has 0 amide bonds. The van der Waals surface area contributed by atoms with Crippen molar-refractivity contribution in [2.75, 3.05) is 7.11 Å². The number of para-hydroxylation sites is 1. The van der Waals surface area contributed by atoms with E-state index in [-0.39, 0.29) is 39.8 Å². The van der Waals surface area contributed by atoms with E-state index in [0.717, 1.165) is 38.2 Å². The summed E-state index contributed by atoms with van der Waals surface area (Å²) in [4.78, 5) is 36.5. The molecule has 1 aliphatic carbocycles. The molecule has 7 nitrogen and oxygen atoms in total. The molecule has 2 aromatic carbocycles. The number of benzene rings is 2. The molecule has 1 saturated carbocycles. The number of nitro benzene ring substituents is 1. The quantitative estimate of drug-likeness (QED) is 0.329. The molecule has 0 spiro atoms. The third kappa shape index (κ3) is 4.29. The minimum atomic E-state index is -0.768. The third-order valence-electron chi connectivity index (χ3n) is 5.56. The second kappa shape index (κ2) is 8.86. The molecule has 1 fully saturated rings. The highest BCUT2D eigenvalue weighted by Gasteiger charge is 2.37. The van der Waals surface area contributed by atoms with Crippen LogP contribution in [0.1, 0.15) is 64.3 Å². The topological polar surface area (TPSA) is 107 Å². The van der Waals surface area contributed by atoms with Crippen molar-refractivity contribution in [2.24, 2.45) is 5.92 Å². The lowest BCUT2D eigenvalue weighted by Gasteiger charge is -2.29. The Morgan fingerprint density at radius 2 is 1.83 bits per heavy atom. The van der Waals surface area contributed by atoms with Gasteiger partial charge < -0.3 is 9.84 Å². The van der Waals surface area contributed by atoms with Crippen molar-refractivity contribution < 1.29 is 24.4 Å². The van der Waals surface area contributed by atoms with Crippen molar-refractivity contribution >= 4 is 17.4 Å². The number of methoxy groups -OCH3 is 1. The van der Waals surface area contributed by atoms with Gasteiger partial charge in [-0.25, -0.2) is 4.79 Å². The number of hydrogen-bond acceptors (Lipinski definition) is 6. The summed E-state index contributed by atoms with van der Waals surface area (Å²) in [5, 5.41) is 22.0. The van der Waals surface area contributed by atoms with Gasteiger partial charge in [0.05, 0.1) is 29.1 Å². The molecule has 0 radical (unpaired) electrons. The molecule has 0 heterocycles. The maximum Gasteiger partial charge on any atom is 0.338 e. The minimum absolute atomic E-state index is 0.0559. The summed E-state index contributed by atoms with van der Waals surface area (Å²) in [7, 11) is 1.20. The Morgan fingerprint density at radius 3 is 2.45 bits per heavy atom. The van der Waals surface area contributed by atoms with Crippen LogP contribution in [0.3, 0.4) is 0 Å². The molecule has 0 bridgehead atoms. The molecule has 7 heteroatoms. The predicted molar refractivity (Wildman–Crippen MR) is 106 cm³/mol. The molecule has 1 N–H and O–H groups in total. The average Bonchev–Trinajstić information content (AvgIpc) is 2.74. The van der Waals surface area contributed by atoms with E-state index in [2.05, 4.69) is 4.74 Å². The fraction of sp³-hybridized carbons (Fsp3) is 0.364. The highest BCUT2D eigenvalue weighted by Crippen LogP contribution is 2.42. The number of carbonyl (C=O) groups is 2. The van der Waals surface area contributed by atoms with Crippen molar-refractivity contribution in [1.29, 1.82) is 0 Å². The van der Waals surface area contributed by atoms with Gasteiger partial charge in [-0.3, -0.25) is 14.9 Å². The molecule has 0 saturated heterocycles. The van der Waals surface area contributed by atoms with Crippen molar-refractivity contribution in [1.82, 2.24) is 0 Å². The van der Waals surface area contributed by atoms with Crippen LogP contribution in [-0.2, 0) is 4.74 Å². The van der Waals surface area contributed by atoms with Gasteiger partial charge >= 0.3 is 5.97 Å². The van der Waals surface area contributed by atoms with Gasteiger partial charge in [-0.2, -0.15) is 0 Å². The Bertz CT molecular complexity index is 933. The number of esters is 1. The number of rotatable bonds is 6. The van der Waals surface area contributed by atoms with E-state index >= 15 is 0 Å². The summed E-state index contributed by atoms with van der Waals surface area (Å²) in [5.41, 5.74) is 0.185. The summed E-state index contributed by atoms with van der Waals surface area (Å²) in [5.74, 6) is -2.01. The normalized spacial score (nSPS) is 15.5. The number of nitro groups is 1. The molecule has 0 aromatic heterocycles. The Hall–Kier alpha value is -3.22. The van der Waals surface area contributed by atoms with E-state index in [0.29, 0.717) is 0 Å². The van der Waals surface area contributed by atoms with Gasteiger partial charge in [0.25, 0.3) is 5.69 Å². The van der Waals surface area contributed by atoms with Crippen LogP contribution in [-0.4, -0.2) is 28.9 Å². The van der Waals surface area contributed by atoms with E-state index < -0.39 is 16.8 Å². The van der Waals surface area contributed by atoms with Crippen LogP contribution in [0.2, 0.25) is 0 Å². The summed E-state index contributed by atoms with van der Waals surface area (Å²) < 4.78 is 4.66. The number of carbonyl (C=O) groups excluding carboxylic acids is 2. The lowest BCUT2D eigenvalue weighted by molar-refractivity contribution is -0.385. The molecule has 3 rings (SSSR count). The van der Waals surface area contributed by atoms with Crippen molar-refractivity contribution in [3.8, 4) is 5.75 Å². The largest absolute Gasteiger partial charge is 0.507 e. The van der Waals surface area contributed by atoms with Gasteiger partial charge in [-0.05, 0) is 37.0 Å². The highest BCUT2D eigenvalue weighted by atomic mass is 16.6. The summed E-state index contributed by atoms with van der Waals surface area (Å²) in [6.07, 6.45) is 4.52. The van der Waals surface area contributed by atoms with Crippen molar-refractivity contribution in [3.63, 3.8) is 0 Å². The Morgan fingerprint density at radius 1 is 1.14 bits per heavy atom. The fourth-order valence-corrected chi connectivity index (χ4v) is 4.14. The number of ether oxygens (including phenoxy) is 1. The number of aromatic hydroxyl groups is 1. The van der Waals surface area contributed by atoms with Crippen LogP contribution in [0.15, 0.2) is 42.5 Å². The number of nitrogens with zero attached hydrogens (tertiary/aromatic N) is 1. The number of phenols is 1. The van der Waals surface area contributed by atoms with Crippen molar-refractivity contribution in [3.05, 3.63) is 69.3 Å². The molecule has 1 unspecified atom stereocenters. The van der Waals surface area contributed by atoms with Crippen molar-refractivity contribution in [2.45, 2.75) is 38.0 Å². The molecule has 2 aromatic rings. The van der Waals surface area contributed by atoms with Crippen LogP contribution in [0.4, 0.5) is 5.69 Å². The maximum absolute atomic E-state index is 13.4. The van der Waals surface area contributed by atoms with Crippen LogP contribution in [0, 0.1) is 16.0 Å². The lowest BCUT2D eigenvalue weighted by atomic mass is 9.73. The average molecular weight is 397 g/mol. The molecule has 29 heavy (non-hydrogen) atoms. The zero-order chi connectivity index (χ0) is 21.0. The first kappa shape index (κ1) is 20.5. The predicted octanol–water partition coefficient (Wildman–Crippen LogP) is 4.63.